The molecule has 7 nitrogen and oxygen atoms in total. The average molecular weight is 395 g/mol. The summed E-state index contributed by atoms with van der Waals surface area (Å²) in [5.41, 5.74) is 2.21. The molecule has 142 valence electrons. The van der Waals surface area contributed by atoms with Crippen molar-refractivity contribution >= 4 is 23.4 Å². The Bertz CT molecular complexity index is 1130. The number of carbonyl (C=O) groups is 1. The number of nitrogens with zero attached hydrogens (tertiary/aromatic N) is 3. The molecule has 1 aromatic heterocycles. The first kappa shape index (κ1) is 18.2. The van der Waals surface area contributed by atoms with Gasteiger partial charge in [0.05, 0.1) is 23.9 Å². The fraction of sp³-hybridized carbons (Fsp3) is 0.200. The summed E-state index contributed by atoms with van der Waals surface area (Å²) in [7, 11) is 1.58. The number of aromatic nitrogens is 3. The third-order valence-electron chi connectivity index (χ3n) is 4.71. The average Bonchev–Trinajstić information content (AvgIpc) is 2.72. The SMILES string of the molecule is COc1ccccc1C1N(C(C)=O)c2ccccc2-c2c(=O)[nH]c(SC)n[n+]21. The second-order valence-electron chi connectivity index (χ2n) is 6.28. The summed E-state index contributed by atoms with van der Waals surface area (Å²) in [5, 5.41) is 5.10. The van der Waals surface area contributed by atoms with Gasteiger partial charge in [0, 0.05) is 12.0 Å². The van der Waals surface area contributed by atoms with E-state index in [2.05, 4.69) is 10.1 Å². The van der Waals surface area contributed by atoms with E-state index in [1.54, 1.807) is 16.7 Å². The Labute approximate surface area is 166 Å². The topological polar surface area (TPSA) is 79.2 Å². The lowest BCUT2D eigenvalue weighted by molar-refractivity contribution is -0.763. The van der Waals surface area contributed by atoms with Crippen LogP contribution >= 0.6 is 11.8 Å². The molecule has 0 saturated heterocycles. The van der Waals surface area contributed by atoms with E-state index in [0.717, 1.165) is 5.56 Å². The predicted octanol–water partition coefficient (Wildman–Crippen LogP) is 2.37. The van der Waals surface area contributed by atoms with Crippen LogP contribution in [0.25, 0.3) is 11.3 Å². The predicted molar refractivity (Wildman–Crippen MR) is 107 cm³/mol. The van der Waals surface area contributed by atoms with E-state index in [1.807, 2.05) is 54.8 Å². The van der Waals surface area contributed by atoms with Crippen molar-refractivity contribution in [1.29, 1.82) is 0 Å². The van der Waals surface area contributed by atoms with Crippen molar-refractivity contribution in [1.82, 2.24) is 10.1 Å². The van der Waals surface area contributed by atoms with Crippen LogP contribution < -0.4 is 19.9 Å². The molecule has 0 aliphatic carbocycles. The summed E-state index contributed by atoms with van der Waals surface area (Å²) >= 11 is 1.33. The van der Waals surface area contributed by atoms with Crippen molar-refractivity contribution in [2.75, 3.05) is 18.3 Å². The van der Waals surface area contributed by atoms with Crippen molar-refractivity contribution in [3.8, 4) is 17.0 Å². The molecule has 1 unspecified atom stereocenters. The Morgan fingerprint density at radius 2 is 1.93 bits per heavy atom. The largest absolute Gasteiger partial charge is 0.496 e. The molecule has 0 bridgehead atoms. The number of rotatable bonds is 3. The summed E-state index contributed by atoms with van der Waals surface area (Å²) in [5.74, 6) is 0.457. The molecular weight excluding hydrogens is 376 g/mol. The maximum absolute atomic E-state index is 12.9. The number of ether oxygens (including phenoxy) is 1. The highest BCUT2D eigenvalue weighted by atomic mass is 32.2. The number of carbonyl (C=O) groups excluding carboxylic acids is 1. The minimum atomic E-state index is -0.647. The summed E-state index contributed by atoms with van der Waals surface area (Å²) in [6.07, 6.45) is 1.19. The van der Waals surface area contributed by atoms with Gasteiger partial charge in [0.1, 0.15) is 5.75 Å². The van der Waals surface area contributed by atoms with Gasteiger partial charge in [-0.2, -0.15) is 0 Å². The Balaban J connectivity index is 2.12. The molecule has 0 radical (unpaired) electrons. The highest BCUT2D eigenvalue weighted by molar-refractivity contribution is 7.98. The number of fused-ring (bicyclic) bond motifs is 3. The van der Waals surface area contributed by atoms with Crippen molar-refractivity contribution in [2.45, 2.75) is 18.2 Å². The molecule has 0 fully saturated rings. The van der Waals surface area contributed by atoms with Crippen molar-refractivity contribution < 1.29 is 14.2 Å². The van der Waals surface area contributed by atoms with Gasteiger partial charge in [-0.1, -0.05) is 36.0 Å². The third-order valence-corrected chi connectivity index (χ3v) is 5.28. The van der Waals surface area contributed by atoms with Gasteiger partial charge in [-0.05, 0) is 35.2 Å². The molecule has 2 heterocycles. The van der Waals surface area contributed by atoms with E-state index in [1.165, 1.54) is 18.7 Å². The molecule has 0 saturated carbocycles. The minimum absolute atomic E-state index is 0.158. The van der Waals surface area contributed by atoms with Crippen LogP contribution in [0.5, 0.6) is 5.75 Å². The van der Waals surface area contributed by atoms with E-state index in [0.29, 0.717) is 27.9 Å². The molecule has 1 aliphatic heterocycles. The number of anilines is 1. The Morgan fingerprint density at radius 1 is 1.21 bits per heavy atom. The van der Waals surface area contributed by atoms with Crippen LogP contribution in [0.3, 0.4) is 0 Å². The summed E-state index contributed by atoms with van der Waals surface area (Å²) in [4.78, 5) is 30.2. The Kier molecular flexibility index (Phi) is 4.64. The van der Waals surface area contributed by atoms with Crippen LogP contribution in [-0.2, 0) is 4.79 Å². The molecule has 28 heavy (non-hydrogen) atoms. The quantitative estimate of drug-likeness (QED) is 0.544. The van der Waals surface area contributed by atoms with Crippen LogP contribution in [0.15, 0.2) is 58.5 Å². The number of nitrogens with one attached hydrogen (secondary N) is 1. The molecule has 0 spiro atoms. The van der Waals surface area contributed by atoms with E-state index in [4.69, 9.17) is 4.74 Å². The second-order valence-corrected chi connectivity index (χ2v) is 7.07. The lowest BCUT2D eigenvalue weighted by Gasteiger charge is -2.31. The summed E-state index contributed by atoms with van der Waals surface area (Å²) < 4.78 is 7.16. The number of H-pyrrole nitrogens is 1. The number of benzene rings is 2. The van der Waals surface area contributed by atoms with E-state index in [-0.39, 0.29) is 11.5 Å². The van der Waals surface area contributed by atoms with Crippen molar-refractivity contribution in [3.05, 3.63) is 64.4 Å². The van der Waals surface area contributed by atoms with Gasteiger partial charge >= 0.3 is 11.3 Å². The number of amides is 1. The minimum Gasteiger partial charge on any atom is -0.496 e. The first-order valence-electron chi connectivity index (χ1n) is 8.69. The number of hydrogen-bond donors (Lipinski definition) is 1. The van der Waals surface area contributed by atoms with Crippen LogP contribution in [0, 0.1) is 0 Å². The molecule has 3 aromatic rings. The van der Waals surface area contributed by atoms with Gasteiger partial charge in [0.15, 0.2) is 0 Å². The Hall–Kier alpha value is -3.13. The van der Waals surface area contributed by atoms with Crippen LogP contribution in [0.2, 0.25) is 0 Å². The van der Waals surface area contributed by atoms with E-state index < -0.39 is 6.17 Å². The van der Waals surface area contributed by atoms with Gasteiger partial charge < -0.3 is 4.74 Å². The molecule has 1 N–H and O–H groups in total. The molecule has 2 aromatic carbocycles. The van der Waals surface area contributed by atoms with E-state index >= 15 is 0 Å². The van der Waals surface area contributed by atoms with Crippen LogP contribution in [0.1, 0.15) is 18.7 Å². The molecule has 4 rings (SSSR count). The second kappa shape index (κ2) is 7.12. The smallest absolute Gasteiger partial charge is 0.325 e. The number of hydrogen-bond acceptors (Lipinski definition) is 5. The first-order valence-corrected chi connectivity index (χ1v) is 9.91. The fourth-order valence-corrected chi connectivity index (χ4v) is 3.93. The molecule has 1 atom stereocenters. The van der Waals surface area contributed by atoms with Crippen molar-refractivity contribution in [3.63, 3.8) is 0 Å². The molecule has 1 aliphatic rings. The lowest BCUT2D eigenvalue weighted by Crippen LogP contribution is -2.60. The zero-order valence-electron chi connectivity index (χ0n) is 15.7. The Morgan fingerprint density at radius 3 is 2.64 bits per heavy atom. The maximum Gasteiger partial charge on any atom is 0.325 e. The van der Waals surface area contributed by atoms with Crippen molar-refractivity contribution in [2.24, 2.45) is 0 Å². The van der Waals surface area contributed by atoms with Gasteiger partial charge in [0.25, 0.3) is 6.17 Å². The van der Waals surface area contributed by atoms with Crippen LogP contribution in [-0.4, -0.2) is 29.4 Å². The summed E-state index contributed by atoms with van der Waals surface area (Å²) in [6, 6.07) is 14.8. The normalized spacial score (nSPS) is 15.0. The van der Waals surface area contributed by atoms with E-state index in [9.17, 15) is 9.59 Å². The monoisotopic (exact) mass is 395 g/mol. The lowest BCUT2D eigenvalue weighted by atomic mass is 10.0. The third kappa shape index (κ3) is 2.77. The standard InChI is InChI=1S/C20H18N4O3S/c1-12(25)23-15-10-6-4-8-13(15)17-18(26)21-20(28-3)22-24(17)19(23)14-9-5-7-11-16(14)27-2/h4-11,19H,1-3H3/p+1. The van der Waals surface area contributed by atoms with Gasteiger partial charge in [-0.25, -0.2) is 4.90 Å². The molecule has 1 amide bonds. The fourth-order valence-electron chi connectivity index (χ4n) is 3.57. The maximum atomic E-state index is 12.9. The highest BCUT2D eigenvalue weighted by Crippen LogP contribution is 2.39. The molecule has 8 heteroatoms. The van der Waals surface area contributed by atoms with Crippen LogP contribution in [0.4, 0.5) is 5.69 Å². The number of para-hydroxylation sites is 2. The number of aromatic amines is 1. The van der Waals surface area contributed by atoms with Gasteiger partial charge in [-0.15, -0.1) is 0 Å². The molecular formula is C20H19N4O3S+. The van der Waals surface area contributed by atoms with Gasteiger partial charge in [0.2, 0.25) is 11.1 Å². The zero-order chi connectivity index (χ0) is 19.8. The summed E-state index contributed by atoms with van der Waals surface area (Å²) in [6.45, 7) is 1.51. The van der Waals surface area contributed by atoms with Gasteiger partial charge in [-0.3, -0.25) is 14.6 Å². The first-order chi connectivity index (χ1) is 13.6. The highest BCUT2D eigenvalue weighted by Gasteiger charge is 2.45. The zero-order valence-corrected chi connectivity index (χ0v) is 16.5. The number of thioether (sulfide) groups is 1. The number of methoxy groups -OCH3 is 1.